The molecule has 196 valence electrons. The van der Waals surface area contributed by atoms with Crippen LogP contribution in [-0.4, -0.2) is 27.9 Å². The first-order valence-electron chi connectivity index (χ1n) is 11.2. The zero-order valence-corrected chi connectivity index (χ0v) is 23.7. The molecule has 1 heterocycles. The highest BCUT2D eigenvalue weighted by Gasteiger charge is 2.34. The number of carbonyl (C=O) groups excluding carboxylic acids is 2. The molecule has 12 heteroatoms. The van der Waals surface area contributed by atoms with Crippen molar-refractivity contribution < 1.29 is 19.1 Å². The third kappa shape index (κ3) is 6.92. The summed E-state index contributed by atoms with van der Waals surface area (Å²) in [6, 6.07) is 17.0. The SMILES string of the molecule is CCOc1cc(/C=C2\SC(=S)N(NC(=O)Nc3ccc(Cl)c(Cl)c3)C2=O)cc(Cl)c1OCc1ccccc1. The third-order valence-corrected chi connectivity index (χ3v) is 7.36. The second kappa shape index (κ2) is 12.7. The van der Waals surface area contributed by atoms with Gasteiger partial charge in [-0.05, 0) is 66.7 Å². The standard InChI is InChI=1S/C26H20Cl3N3O4S2/c1-2-35-21-11-16(10-20(29)23(21)36-14-15-6-4-3-5-7-15)12-22-24(33)32(26(37)38-22)31-25(34)30-17-8-9-18(27)19(28)13-17/h3-13H,2,14H2,1H3,(H2,30,31,34)/b22-12-. The predicted molar refractivity (Wildman–Crippen MR) is 157 cm³/mol. The first kappa shape index (κ1) is 28.1. The Labute approximate surface area is 244 Å². The van der Waals surface area contributed by atoms with Gasteiger partial charge in [-0.1, -0.05) is 76.9 Å². The van der Waals surface area contributed by atoms with Gasteiger partial charge < -0.3 is 14.8 Å². The van der Waals surface area contributed by atoms with E-state index in [-0.39, 0.29) is 9.34 Å². The van der Waals surface area contributed by atoms with E-state index >= 15 is 0 Å². The van der Waals surface area contributed by atoms with Crippen molar-refractivity contribution in [3.8, 4) is 11.5 Å². The molecule has 0 saturated carbocycles. The van der Waals surface area contributed by atoms with E-state index in [1.165, 1.54) is 6.07 Å². The first-order valence-corrected chi connectivity index (χ1v) is 13.5. The van der Waals surface area contributed by atoms with Crippen LogP contribution >= 0.6 is 58.8 Å². The summed E-state index contributed by atoms with van der Waals surface area (Å²) >= 11 is 24.8. The van der Waals surface area contributed by atoms with E-state index in [0.717, 1.165) is 22.3 Å². The number of benzene rings is 3. The molecule has 0 bridgehead atoms. The van der Waals surface area contributed by atoms with E-state index in [4.69, 9.17) is 56.5 Å². The number of thioether (sulfide) groups is 1. The number of anilines is 1. The summed E-state index contributed by atoms with van der Waals surface area (Å²) in [5.41, 5.74) is 4.42. The highest BCUT2D eigenvalue weighted by atomic mass is 35.5. The number of hydrogen-bond donors (Lipinski definition) is 2. The fraction of sp³-hybridized carbons (Fsp3) is 0.115. The lowest BCUT2D eigenvalue weighted by Gasteiger charge is -2.16. The minimum atomic E-state index is -0.678. The van der Waals surface area contributed by atoms with E-state index < -0.39 is 11.9 Å². The fourth-order valence-corrected chi connectivity index (χ4v) is 5.11. The number of ether oxygens (including phenoxy) is 2. The Hall–Kier alpha value is -2.95. The van der Waals surface area contributed by atoms with Crippen molar-refractivity contribution in [2.24, 2.45) is 0 Å². The fourth-order valence-electron chi connectivity index (χ4n) is 3.35. The zero-order valence-electron chi connectivity index (χ0n) is 19.8. The number of urea groups is 1. The minimum Gasteiger partial charge on any atom is -0.490 e. The second-order valence-electron chi connectivity index (χ2n) is 7.75. The number of hydrogen-bond acceptors (Lipinski definition) is 6. The van der Waals surface area contributed by atoms with Crippen LogP contribution < -0.4 is 20.2 Å². The van der Waals surface area contributed by atoms with Gasteiger partial charge in [0.2, 0.25) is 0 Å². The number of hydrazine groups is 1. The van der Waals surface area contributed by atoms with Gasteiger partial charge in [-0.3, -0.25) is 4.79 Å². The molecule has 1 fully saturated rings. The van der Waals surface area contributed by atoms with Crippen LogP contribution in [0, 0.1) is 0 Å². The Morgan fingerprint density at radius 2 is 1.79 bits per heavy atom. The van der Waals surface area contributed by atoms with Gasteiger partial charge in [0.1, 0.15) is 6.61 Å². The molecule has 1 saturated heterocycles. The molecule has 3 aromatic carbocycles. The summed E-state index contributed by atoms with van der Waals surface area (Å²) < 4.78 is 11.9. The van der Waals surface area contributed by atoms with Gasteiger partial charge in [0.15, 0.2) is 15.8 Å². The molecule has 1 aliphatic heterocycles. The van der Waals surface area contributed by atoms with Crippen molar-refractivity contribution in [2.45, 2.75) is 13.5 Å². The van der Waals surface area contributed by atoms with E-state index in [1.54, 1.807) is 30.3 Å². The molecule has 4 rings (SSSR count). The van der Waals surface area contributed by atoms with E-state index in [9.17, 15) is 9.59 Å². The quantitative estimate of drug-likeness (QED) is 0.203. The molecule has 3 aromatic rings. The van der Waals surface area contributed by atoms with Crippen LogP contribution in [0.5, 0.6) is 11.5 Å². The van der Waals surface area contributed by atoms with Gasteiger partial charge in [0.05, 0.1) is 26.6 Å². The molecule has 1 aliphatic rings. The lowest BCUT2D eigenvalue weighted by molar-refractivity contribution is -0.123. The van der Waals surface area contributed by atoms with Crippen molar-refractivity contribution in [2.75, 3.05) is 11.9 Å². The molecule has 0 spiro atoms. The van der Waals surface area contributed by atoms with Crippen molar-refractivity contribution in [3.05, 3.63) is 91.8 Å². The van der Waals surface area contributed by atoms with Crippen LogP contribution in [0.1, 0.15) is 18.1 Å². The van der Waals surface area contributed by atoms with E-state index in [2.05, 4.69) is 10.7 Å². The number of rotatable bonds is 8. The number of halogens is 3. The smallest absolute Gasteiger partial charge is 0.338 e. The molecule has 0 radical (unpaired) electrons. The van der Waals surface area contributed by atoms with Gasteiger partial charge in [0.25, 0.3) is 5.91 Å². The van der Waals surface area contributed by atoms with Crippen LogP contribution in [0.15, 0.2) is 65.6 Å². The van der Waals surface area contributed by atoms with Crippen LogP contribution in [0.3, 0.4) is 0 Å². The Morgan fingerprint density at radius 3 is 2.50 bits per heavy atom. The summed E-state index contributed by atoms with van der Waals surface area (Å²) in [4.78, 5) is 25.8. The number of nitrogens with one attached hydrogen (secondary N) is 2. The number of thiocarbonyl (C=S) groups is 1. The number of carbonyl (C=O) groups is 2. The molecule has 3 amide bonds. The normalized spacial score (nSPS) is 14.1. The average Bonchev–Trinajstić information content (AvgIpc) is 3.13. The summed E-state index contributed by atoms with van der Waals surface area (Å²) in [7, 11) is 0. The van der Waals surface area contributed by atoms with Crippen molar-refractivity contribution in [1.82, 2.24) is 10.4 Å². The Bertz CT molecular complexity index is 1420. The average molecular weight is 609 g/mol. The van der Waals surface area contributed by atoms with Crippen molar-refractivity contribution >= 4 is 86.8 Å². The zero-order chi connectivity index (χ0) is 27.2. The Morgan fingerprint density at radius 1 is 1.03 bits per heavy atom. The van der Waals surface area contributed by atoms with Crippen LogP contribution in [0.25, 0.3) is 6.08 Å². The molecule has 7 nitrogen and oxygen atoms in total. The third-order valence-electron chi connectivity index (χ3n) is 5.04. The second-order valence-corrected chi connectivity index (χ2v) is 10.6. The summed E-state index contributed by atoms with van der Waals surface area (Å²) in [5, 5.41) is 4.52. The van der Waals surface area contributed by atoms with Gasteiger partial charge in [-0.15, -0.1) is 0 Å². The van der Waals surface area contributed by atoms with Crippen molar-refractivity contribution in [1.29, 1.82) is 0 Å². The van der Waals surface area contributed by atoms with Gasteiger partial charge in [-0.25, -0.2) is 10.2 Å². The molecule has 2 N–H and O–H groups in total. The van der Waals surface area contributed by atoms with Crippen LogP contribution in [0.4, 0.5) is 10.5 Å². The Balaban J connectivity index is 1.48. The number of nitrogens with zero attached hydrogens (tertiary/aromatic N) is 1. The van der Waals surface area contributed by atoms with Gasteiger partial charge in [-0.2, -0.15) is 5.01 Å². The Kier molecular flexibility index (Phi) is 9.40. The maximum absolute atomic E-state index is 13.0. The largest absolute Gasteiger partial charge is 0.490 e. The predicted octanol–water partition coefficient (Wildman–Crippen LogP) is 7.56. The summed E-state index contributed by atoms with van der Waals surface area (Å²) in [5.74, 6) is 0.349. The monoisotopic (exact) mass is 607 g/mol. The minimum absolute atomic E-state index is 0.157. The molecular formula is C26H20Cl3N3O4S2. The topological polar surface area (TPSA) is 79.9 Å². The molecule has 0 unspecified atom stereocenters. The van der Waals surface area contributed by atoms with E-state index in [1.807, 2.05) is 37.3 Å². The number of amides is 3. The van der Waals surface area contributed by atoms with Crippen LogP contribution in [-0.2, 0) is 11.4 Å². The summed E-state index contributed by atoms with van der Waals surface area (Å²) in [6.45, 7) is 2.55. The summed E-state index contributed by atoms with van der Waals surface area (Å²) in [6.07, 6.45) is 1.62. The van der Waals surface area contributed by atoms with Crippen molar-refractivity contribution in [3.63, 3.8) is 0 Å². The highest BCUT2D eigenvalue weighted by molar-refractivity contribution is 8.26. The maximum atomic E-state index is 13.0. The molecular weight excluding hydrogens is 589 g/mol. The molecule has 38 heavy (non-hydrogen) atoms. The lowest BCUT2D eigenvalue weighted by atomic mass is 10.1. The van der Waals surface area contributed by atoms with Gasteiger partial charge >= 0.3 is 6.03 Å². The van der Waals surface area contributed by atoms with Gasteiger partial charge in [0, 0.05) is 5.69 Å². The van der Waals surface area contributed by atoms with E-state index in [0.29, 0.717) is 50.9 Å². The maximum Gasteiger partial charge on any atom is 0.338 e. The molecule has 0 aliphatic carbocycles. The highest BCUT2D eigenvalue weighted by Crippen LogP contribution is 2.39. The lowest BCUT2D eigenvalue weighted by Crippen LogP contribution is -2.46. The molecule has 0 atom stereocenters. The molecule has 0 aromatic heterocycles. The first-order chi connectivity index (χ1) is 18.2. The van der Waals surface area contributed by atoms with Crippen LogP contribution in [0.2, 0.25) is 15.1 Å².